The van der Waals surface area contributed by atoms with Crippen molar-refractivity contribution in [3.63, 3.8) is 0 Å². The van der Waals surface area contributed by atoms with Gasteiger partial charge >= 0.3 is 4.87 Å². The Balaban J connectivity index is 1.20. The van der Waals surface area contributed by atoms with Crippen molar-refractivity contribution in [2.45, 2.75) is 29.2 Å². The standard InChI is InChI=1S/C32H23Br2ClN2O4S2/c33-15-3-8-18(9-4-15)37-30(38)25-20-12-21(26(25)31(37)39)27-24(20)23(28-29(42-27)36-32(40)43-28)19-11-16(34)5-10-22(19)41-13-14-1-6-17(35)7-2-14/h1-11,20-21,23-27H,12-13H2,(H,36,40)/t20-,21-,23+,24+,25+,26+,27-/m1/s1. The van der Waals surface area contributed by atoms with Crippen molar-refractivity contribution in [2.75, 3.05) is 4.90 Å². The number of aromatic amines is 1. The molecule has 2 aliphatic heterocycles. The van der Waals surface area contributed by atoms with Crippen LogP contribution in [0.5, 0.6) is 5.75 Å². The van der Waals surface area contributed by atoms with Gasteiger partial charge in [0.05, 0.1) is 22.5 Å². The number of H-pyrrole nitrogens is 1. The molecule has 6 nitrogen and oxygen atoms in total. The van der Waals surface area contributed by atoms with Crippen molar-refractivity contribution in [1.82, 2.24) is 4.98 Å². The summed E-state index contributed by atoms with van der Waals surface area (Å²) in [4.78, 5) is 46.0. The van der Waals surface area contributed by atoms with Crippen molar-refractivity contribution in [3.8, 4) is 5.75 Å². The molecule has 4 aliphatic rings. The van der Waals surface area contributed by atoms with Crippen molar-refractivity contribution < 1.29 is 14.3 Å². The zero-order valence-electron chi connectivity index (χ0n) is 22.3. The highest BCUT2D eigenvalue weighted by atomic mass is 79.9. The molecule has 2 saturated carbocycles. The molecule has 3 fully saturated rings. The van der Waals surface area contributed by atoms with E-state index < -0.39 is 0 Å². The van der Waals surface area contributed by atoms with Gasteiger partial charge in [-0.3, -0.25) is 19.3 Å². The van der Waals surface area contributed by atoms with E-state index in [4.69, 9.17) is 16.3 Å². The highest BCUT2D eigenvalue weighted by Gasteiger charge is 2.69. The molecule has 2 bridgehead atoms. The molecule has 218 valence electrons. The molecule has 0 spiro atoms. The van der Waals surface area contributed by atoms with Gasteiger partial charge in [-0.2, -0.15) is 0 Å². The summed E-state index contributed by atoms with van der Waals surface area (Å²) >= 11 is 16.1. The first kappa shape index (κ1) is 28.1. The lowest BCUT2D eigenvalue weighted by molar-refractivity contribution is -0.123. The van der Waals surface area contributed by atoms with Gasteiger partial charge < -0.3 is 9.72 Å². The number of thioether (sulfide) groups is 1. The van der Waals surface area contributed by atoms with Crippen LogP contribution in [0.3, 0.4) is 0 Å². The van der Waals surface area contributed by atoms with Crippen LogP contribution >= 0.6 is 66.6 Å². The molecule has 3 aromatic carbocycles. The summed E-state index contributed by atoms with van der Waals surface area (Å²) in [6.45, 7) is 0.365. The van der Waals surface area contributed by atoms with Crippen LogP contribution in [0.1, 0.15) is 28.3 Å². The molecule has 8 rings (SSSR count). The van der Waals surface area contributed by atoms with Gasteiger partial charge in [0.2, 0.25) is 11.8 Å². The van der Waals surface area contributed by atoms with E-state index in [9.17, 15) is 14.4 Å². The van der Waals surface area contributed by atoms with Gasteiger partial charge in [0.15, 0.2) is 0 Å². The Hall–Kier alpha value is -2.37. The van der Waals surface area contributed by atoms with E-state index in [1.165, 1.54) is 16.2 Å². The molecule has 11 heteroatoms. The minimum Gasteiger partial charge on any atom is -0.489 e. The third-order valence-corrected chi connectivity index (χ3v) is 13.3. The number of amides is 2. The van der Waals surface area contributed by atoms with E-state index in [0.717, 1.165) is 42.1 Å². The van der Waals surface area contributed by atoms with Crippen LogP contribution < -0.4 is 14.5 Å². The summed E-state index contributed by atoms with van der Waals surface area (Å²) in [7, 11) is 0. The van der Waals surface area contributed by atoms with Crippen LogP contribution in [0, 0.1) is 29.6 Å². The number of nitrogens with one attached hydrogen (secondary N) is 1. The minimum absolute atomic E-state index is 0.0165. The van der Waals surface area contributed by atoms with Crippen molar-refractivity contribution >= 4 is 84.1 Å². The Kier molecular flexibility index (Phi) is 6.95. The third kappa shape index (κ3) is 4.50. The molecular weight excluding hydrogens is 736 g/mol. The maximum Gasteiger partial charge on any atom is 0.305 e. The molecule has 43 heavy (non-hydrogen) atoms. The molecule has 1 saturated heterocycles. The molecule has 2 amide bonds. The molecule has 2 aliphatic carbocycles. The van der Waals surface area contributed by atoms with Gasteiger partial charge in [0, 0.05) is 35.6 Å². The summed E-state index contributed by atoms with van der Waals surface area (Å²) in [5.74, 6) is -0.181. The second-order valence-corrected chi connectivity index (χ2v) is 16.0. The first-order valence-corrected chi connectivity index (χ1v) is 17.6. The fourth-order valence-electron chi connectivity index (χ4n) is 7.85. The van der Waals surface area contributed by atoms with Crippen molar-refractivity contribution in [1.29, 1.82) is 0 Å². The molecular formula is C32H23Br2ClN2O4S2. The van der Waals surface area contributed by atoms with Crippen molar-refractivity contribution in [3.05, 3.63) is 106 Å². The van der Waals surface area contributed by atoms with E-state index in [1.807, 2.05) is 60.7 Å². The largest absolute Gasteiger partial charge is 0.489 e. The predicted octanol–water partition coefficient (Wildman–Crippen LogP) is 7.87. The number of hydrogen-bond donors (Lipinski definition) is 1. The van der Waals surface area contributed by atoms with Gasteiger partial charge in [0.1, 0.15) is 12.4 Å². The van der Waals surface area contributed by atoms with Gasteiger partial charge in [-0.1, -0.05) is 66.9 Å². The van der Waals surface area contributed by atoms with E-state index in [-0.39, 0.29) is 57.4 Å². The minimum atomic E-state index is -0.367. The number of rotatable bonds is 5. The Morgan fingerprint density at radius 1 is 0.907 bits per heavy atom. The number of carbonyl (C=O) groups excluding carboxylic acids is 2. The Morgan fingerprint density at radius 3 is 2.35 bits per heavy atom. The number of ether oxygens (including phenoxy) is 1. The second kappa shape index (κ2) is 10.6. The average molecular weight is 759 g/mol. The zero-order valence-corrected chi connectivity index (χ0v) is 27.9. The summed E-state index contributed by atoms with van der Waals surface area (Å²) in [6.07, 6.45) is 0.827. The molecule has 7 atom stereocenters. The maximum atomic E-state index is 14.0. The first-order valence-electron chi connectivity index (χ1n) is 14.0. The third-order valence-electron chi connectivity index (χ3n) is 9.42. The lowest BCUT2D eigenvalue weighted by Gasteiger charge is -2.43. The van der Waals surface area contributed by atoms with Gasteiger partial charge in [-0.25, -0.2) is 0 Å². The number of fused-ring (bicyclic) bond motifs is 9. The van der Waals surface area contributed by atoms with E-state index in [0.29, 0.717) is 17.3 Å². The summed E-state index contributed by atoms with van der Waals surface area (Å²) in [6, 6.07) is 21.0. The normalized spacial score (nSPS) is 28.6. The number of nitrogens with zero attached hydrogens (tertiary/aromatic N) is 1. The Labute approximate surface area is 277 Å². The van der Waals surface area contributed by atoms with Crippen LogP contribution in [0.15, 0.2) is 85.5 Å². The van der Waals surface area contributed by atoms with Crippen molar-refractivity contribution in [2.24, 2.45) is 29.6 Å². The van der Waals surface area contributed by atoms with Gasteiger partial charge in [-0.05, 0) is 84.3 Å². The fraction of sp³-hybridized carbons (Fsp3) is 0.281. The second-order valence-electron chi connectivity index (χ2n) is 11.5. The summed E-state index contributed by atoms with van der Waals surface area (Å²) in [5, 5.41) is 1.64. The fourth-order valence-corrected chi connectivity index (χ4v) is 11.5. The number of benzene rings is 3. The highest BCUT2D eigenvalue weighted by molar-refractivity contribution is 9.10. The average Bonchev–Trinajstić information content (AvgIpc) is 3.73. The summed E-state index contributed by atoms with van der Waals surface area (Å²) < 4.78 is 8.25. The lowest BCUT2D eigenvalue weighted by atomic mass is 9.68. The lowest BCUT2D eigenvalue weighted by Crippen LogP contribution is -2.42. The number of anilines is 1. The number of halogens is 3. The van der Waals surface area contributed by atoms with E-state index >= 15 is 0 Å². The Bertz CT molecular complexity index is 1840. The molecule has 0 unspecified atom stereocenters. The van der Waals surface area contributed by atoms with Crippen LogP contribution in [0.4, 0.5) is 5.69 Å². The highest BCUT2D eigenvalue weighted by Crippen LogP contribution is 2.69. The topological polar surface area (TPSA) is 79.5 Å². The molecule has 1 aromatic heterocycles. The van der Waals surface area contributed by atoms with Crippen LogP contribution in [-0.2, 0) is 16.2 Å². The quantitative estimate of drug-likeness (QED) is 0.210. The smallest absolute Gasteiger partial charge is 0.305 e. The van der Waals surface area contributed by atoms with Crippen LogP contribution in [-0.4, -0.2) is 22.0 Å². The zero-order chi connectivity index (χ0) is 29.6. The van der Waals surface area contributed by atoms with Crippen LogP contribution in [0.2, 0.25) is 5.02 Å². The predicted molar refractivity (Wildman–Crippen MR) is 175 cm³/mol. The molecule has 3 heterocycles. The molecule has 0 radical (unpaired) electrons. The molecule has 1 N–H and O–H groups in total. The molecule has 4 aromatic rings. The van der Waals surface area contributed by atoms with Gasteiger partial charge in [0.25, 0.3) is 0 Å². The number of imide groups is 1. The maximum absolute atomic E-state index is 14.0. The first-order chi connectivity index (χ1) is 20.8. The number of thiazole rings is 1. The number of hydrogen-bond acceptors (Lipinski definition) is 6. The van der Waals surface area contributed by atoms with E-state index in [2.05, 4.69) is 42.9 Å². The number of aromatic nitrogens is 1. The van der Waals surface area contributed by atoms with Gasteiger partial charge in [-0.15, -0.1) is 11.8 Å². The Morgan fingerprint density at radius 2 is 1.60 bits per heavy atom. The van der Waals surface area contributed by atoms with E-state index in [1.54, 1.807) is 11.8 Å². The monoisotopic (exact) mass is 756 g/mol. The number of carbonyl (C=O) groups is 2. The van der Waals surface area contributed by atoms with Crippen LogP contribution in [0.25, 0.3) is 0 Å². The summed E-state index contributed by atoms with van der Waals surface area (Å²) in [5.41, 5.74) is 2.60. The SMILES string of the molecule is O=C1[C@H]2[C@H]3C[C@@H]([C@@H]2C(=O)N1c1ccc(Br)cc1)[C@H]1[C@H](c2cc(Br)ccc2OCc2ccc(Cl)cc2)c2sc(=O)[nH]c2S[C@H]31.